The molecule has 0 saturated carbocycles. The van der Waals surface area contributed by atoms with Crippen molar-refractivity contribution in [1.29, 1.82) is 0 Å². The van der Waals surface area contributed by atoms with Crippen molar-refractivity contribution in [3.8, 4) is 45.3 Å². The fourth-order valence-corrected chi connectivity index (χ4v) is 7.70. The Labute approximate surface area is 300 Å². The van der Waals surface area contributed by atoms with E-state index >= 15 is 0 Å². The second-order valence-electron chi connectivity index (χ2n) is 12.9. The molecule has 0 amide bonds. The Morgan fingerprint density at radius 1 is 0.404 bits per heavy atom. The average Bonchev–Trinajstić information content (AvgIpc) is 3.74. The van der Waals surface area contributed by atoms with E-state index in [0.29, 0.717) is 22.9 Å². The number of hydrogen-bond acceptors (Lipinski definition) is 2. The third-order valence-corrected chi connectivity index (χ3v) is 9.94. The van der Waals surface area contributed by atoms with Crippen molar-refractivity contribution in [2.75, 3.05) is 0 Å². The minimum absolute atomic E-state index is 0.431. The van der Waals surface area contributed by atoms with E-state index in [1.807, 2.05) is 66.7 Å². The molecule has 3 aromatic heterocycles. The molecule has 0 N–H and O–H groups in total. The Morgan fingerprint density at radius 3 is 1.48 bits per heavy atom. The van der Waals surface area contributed by atoms with E-state index in [0.717, 1.165) is 55.5 Å². The fourth-order valence-electron chi connectivity index (χ4n) is 7.70. The van der Waals surface area contributed by atoms with Crippen LogP contribution in [0.4, 0.5) is 5.69 Å². The first-order valence-electron chi connectivity index (χ1n) is 17.3. The molecule has 0 aliphatic carbocycles. The van der Waals surface area contributed by atoms with Gasteiger partial charge in [-0.25, -0.2) is 14.8 Å². The molecule has 0 fully saturated rings. The monoisotopic (exact) mass is 663 g/mol. The van der Waals surface area contributed by atoms with E-state index in [4.69, 9.17) is 16.5 Å². The number of fused-ring (bicyclic) bond motifs is 7. The summed E-state index contributed by atoms with van der Waals surface area (Å²) in [5.74, 6) is 0.584. The predicted molar refractivity (Wildman–Crippen MR) is 213 cm³/mol. The van der Waals surface area contributed by atoms with Crippen molar-refractivity contribution >= 4 is 49.3 Å². The van der Waals surface area contributed by atoms with E-state index in [1.165, 1.54) is 16.2 Å². The number of aromatic nitrogens is 4. The summed E-state index contributed by atoms with van der Waals surface area (Å²) in [6.45, 7) is 8.40. The van der Waals surface area contributed by atoms with Crippen LogP contribution in [0.2, 0.25) is 0 Å². The van der Waals surface area contributed by atoms with Gasteiger partial charge in [0.1, 0.15) is 0 Å². The van der Waals surface area contributed by atoms with Gasteiger partial charge in [-0.15, -0.1) is 0 Å². The van der Waals surface area contributed by atoms with Crippen LogP contribution in [0.1, 0.15) is 0 Å². The lowest BCUT2D eigenvalue weighted by Crippen LogP contribution is -1.97. The van der Waals surface area contributed by atoms with Gasteiger partial charge in [0.25, 0.3) is 0 Å². The predicted octanol–water partition coefficient (Wildman–Crippen LogP) is 12.2. The Hall–Kier alpha value is -7.29. The van der Waals surface area contributed by atoms with Crippen LogP contribution in [0.15, 0.2) is 176 Å². The van der Waals surface area contributed by atoms with E-state index in [9.17, 15) is 0 Å². The number of hydrogen-bond donors (Lipinski definition) is 0. The van der Waals surface area contributed by atoms with Gasteiger partial charge in [0.05, 0.1) is 40.0 Å². The van der Waals surface area contributed by atoms with Crippen LogP contribution in [0.25, 0.3) is 93.7 Å². The van der Waals surface area contributed by atoms with Crippen LogP contribution in [0.3, 0.4) is 0 Å². The SMILES string of the molecule is [C-]#[N+]c1c(-c2ccccc2)nc(-c2ccccc2)nc1-c1ccc2c3c4c5ccccc5n(-c5ccccc5)c4ccc3n(-c3ccccc3)c2c1. The Kier molecular flexibility index (Phi) is 6.80. The van der Waals surface area contributed by atoms with Crippen LogP contribution < -0.4 is 0 Å². The first-order valence-corrected chi connectivity index (χ1v) is 17.3. The van der Waals surface area contributed by atoms with Gasteiger partial charge in [0.2, 0.25) is 5.69 Å². The molecule has 52 heavy (non-hydrogen) atoms. The van der Waals surface area contributed by atoms with Crippen molar-refractivity contribution in [2.45, 2.75) is 0 Å². The van der Waals surface area contributed by atoms with Gasteiger partial charge in [0, 0.05) is 38.5 Å². The van der Waals surface area contributed by atoms with E-state index in [2.05, 4.69) is 123 Å². The van der Waals surface area contributed by atoms with Crippen LogP contribution in [0, 0.1) is 6.57 Å². The van der Waals surface area contributed by atoms with E-state index in [-0.39, 0.29) is 0 Å². The molecule has 3 heterocycles. The van der Waals surface area contributed by atoms with Crippen LogP contribution in [-0.4, -0.2) is 19.1 Å². The highest BCUT2D eigenvalue weighted by molar-refractivity contribution is 6.29. The van der Waals surface area contributed by atoms with E-state index < -0.39 is 0 Å². The topological polar surface area (TPSA) is 40.0 Å². The molecular formula is C47H29N5. The Balaban J connectivity index is 1.31. The zero-order valence-electron chi connectivity index (χ0n) is 28.0. The van der Waals surface area contributed by atoms with Crippen molar-refractivity contribution in [3.63, 3.8) is 0 Å². The molecule has 242 valence electrons. The van der Waals surface area contributed by atoms with Gasteiger partial charge < -0.3 is 9.13 Å². The molecule has 0 atom stereocenters. The molecule has 0 spiro atoms. The molecule has 5 heteroatoms. The third-order valence-electron chi connectivity index (χ3n) is 9.94. The fraction of sp³-hybridized carbons (Fsp3) is 0. The summed E-state index contributed by atoms with van der Waals surface area (Å²) in [5, 5.41) is 4.74. The van der Waals surface area contributed by atoms with Crippen molar-refractivity contribution in [1.82, 2.24) is 19.1 Å². The highest BCUT2D eigenvalue weighted by atomic mass is 15.0. The maximum atomic E-state index is 8.40. The average molecular weight is 664 g/mol. The lowest BCUT2D eigenvalue weighted by molar-refractivity contribution is 1.17. The van der Waals surface area contributed by atoms with Crippen molar-refractivity contribution in [2.24, 2.45) is 0 Å². The summed E-state index contributed by atoms with van der Waals surface area (Å²) in [5.41, 5.74) is 11.0. The minimum atomic E-state index is 0.431. The normalized spacial score (nSPS) is 11.4. The summed E-state index contributed by atoms with van der Waals surface area (Å²) >= 11 is 0. The highest BCUT2D eigenvalue weighted by Gasteiger charge is 2.23. The molecule has 0 bridgehead atoms. The second-order valence-corrected chi connectivity index (χ2v) is 12.9. The standard InChI is InChI=1S/C47H29N5/c1-48-46-44(31-16-6-2-7-17-31)49-47(32-18-8-3-9-19-32)50-45(46)33-26-27-37-41(30-33)52(35-22-12-5-13-23-35)40-29-28-39-42(43(37)40)36-24-14-15-25-38(36)51(39)34-20-10-4-11-21-34/h2-30H. The summed E-state index contributed by atoms with van der Waals surface area (Å²) in [6.07, 6.45) is 0. The van der Waals surface area contributed by atoms with Crippen molar-refractivity contribution in [3.05, 3.63) is 187 Å². The zero-order chi connectivity index (χ0) is 34.6. The molecule has 0 radical (unpaired) electrons. The lowest BCUT2D eigenvalue weighted by Gasteiger charge is -2.13. The van der Waals surface area contributed by atoms with Crippen LogP contribution in [-0.2, 0) is 0 Å². The molecular weight excluding hydrogens is 635 g/mol. The van der Waals surface area contributed by atoms with Crippen LogP contribution in [0.5, 0.6) is 0 Å². The van der Waals surface area contributed by atoms with Gasteiger partial charge in [-0.3, -0.25) is 0 Å². The highest BCUT2D eigenvalue weighted by Crippen LogP contribution is 2.45. The van der Waals surface area contributed by atoms with Crippen LogP contribution >= 0.6 is 0 Å². The second kappa shape index (κ2) is 11.9. The van der Waals surface area contributed by atoms with Gasteiger partial charge in [-0.2, -0.15) is 0 Å². The summed E-state index contributed by atoms with van der Waals surface area (Å²) < 4.78 is 4.71. The maximum Gasteiger partial charge on any atom is 0.238 e. The van der Waals surface area contributed by atoms with Gasteiger partial charge in [-0.1, -0.05) is 127 Å². The quantitative estimate of drug-likeness (QED) is 0.172. The summed E-state index contributed by atoms with van der Waals surface area (Å²) in [4.78, 5) is 14.2. The maximum absolute atomic E-state index is 8.40. The molecule has 7 aromatic carbocycles. The summed E-state index contributed by atoms with van der Waals surface area (Å²) in [6, 6.07) is 60.7. The summed E-state index contributed by atoms with van der Waals surface area (Å²) in [7, 11) is 0. The molecule has 5 nitrogen and oxygen atoms in total. The molecule has 0 unspecified atom stereocenters. The zero-order valence-corrected chi connectivity index (χ0v) is 28.0. The first kappa shape index (κ1) is 29.6. The Bertz CT molecular complexity index is 2990. The van der Waals surface area contributed by atoms with E-state index in [1.54, 1.807) is 0 Å². The largest absolute Gasteiger partial charge is 0.309 e. The lowest BCUT2D eigenvalue weighted by atomic mass is 10.0. The van der Waals surface area contributed by atoms with Gasteiger partial charge in [-0.05, 0) is 59.7 Å². The molecule has 0 aliphatic rings. The van der Waals surface area contributed by atoms with Gasteiger partial charge >= 0.3 is 0 Å². The molecule has 10 aromatic rings. The molecule has 0 saturated heterocycles. The number of benzene rings is 7. The first-order chi connectivity index (χ1) is 25.8. The number of nitrogens with zero attached hydrogens (tertiary/aromatic N) is 5. The number of rotatable bonds is 5. The minimum Gasteiger partial charge on any atom is -0.309 e. The molecule has 10 rings (SSSR count). The third kappa shape index (κ3) is 4.56. The Morgan fingerprint density at radius 2 is 0.885 bits per heavy atom. The smallest absolute Gasteiger partial charge is 0.238 e. The van der Waals surface area contributed by atoms with Crippen molar-refractivity contribution < 1.29 is 0 Å². The molecule has 0 aliphatic heterocycles. The number of para-hydroxylation sites is 3. The van der Waals surface area contributed by atoms with Gasteiger partial charge in [0.15, 0.2) is 5.82 Å².